The summed E-state index contributed by atoms with van der Waals surface area (Å²) in [6.45, 7) is 8.47. The molecule has 0 amide bonds. The minimum absolute atomic E-state index is 0.0569. The van der Waals surface area contributed by atoms with E-state index in [0.29, 0.717) is 12.3 Å². The van der Waals surface area contributed by atoms with E-state index in [4.69, 9.17) is 18.1 Å². The summed E-state index contributed by atoms with van der Waals surface area (Å²) in [5, 5.41) is 4.86. The largest absolute Gasteiger partial charge is 0.328 e. The summed E-state index contributed by atoms with van der Waals surface area (Å²) in [4.78, 5) is 0. The molecule has 6 aromatic rings. The fourth-order valence-electron chi connectivity index (χ4n) is 6.97. The van der Waals surface area contributed by atoms with Gasteiger partial charge in [-0.1, -0.05) is 109 Å². The van der Waals surface area contributed by atoms with E-state index in [1.54, 1.807) is 0 Å². The number of benzene rings is 6. The molecule has 2 aliphatic rings. The van der Waals surface area contributed by atoms with Crippen LogP contribution in [0.25, 0.3) is 54.9 Å². The second-order valence-electron chi connectivity index (χ2n) is 13.0. The summed E-state index contributed by atoms with van der Waals surface area (Å²) < 4.78 is 26.1. The third kappa shape index (κ3) is 6.01. The van der Waals surface area contributed by atoms with Gasteiger partial charge in [0.25, 0.3) is 0 Å². The summed E-state index contributed by atoms with van der Waals surface area (Å²) >= 11 is 0. The van der Waals surface area contributed by atoms with E-state index < -0.39 is 16.8 Å². The molecule has 0 N–H and O–H groups in total. The van der Waals surface area contributed by atoms with Crippen LogP contribution in [0.1, 0.15) is 38.8 Å². The minimum Gasteiger partial charge on any atom is -0.328 e. The molecule has 8 rings (SSSR count). The van der Waals surface area contributed by atoms with Gasteiger partial charge < -0.3 is 18.1 Å². The molecule has 242 valence electrons. The zero-order chi connectivity index (χ0) is 32.8. The standard InChI is InChI=1S/C42H40O4P2/c1-27-28(2)44-47(43-27)25-39-37(31-15-7-5-8-16-31)23-33-19-11-13-21-35(33)41(39)42-36-22-14-12-20-34(36)24-38(32-17-9-6-10-18-32)40(42)26-48-45-29(3)30(4)46-48/h5-24,27-30H,25-26H2,1-4H3/t27-,28-,29-,30-/m0/s1. The van der Waals surface area contributed by atoms with Gasteiger partial charge in [-0.05, 0) is 106 Å². The predicted octanol–water partition coefficient (Wildman–Crippen LogP) is 12.3. The summed E-state index contributed by atoms with van der Waals surface area (Å²) in [5.74, 6) is 0. The normalized spacial score (nSPS) is 21.8. The molecule has 4 atom stereocenters. The van der Waals surface area contributed by atoms with Crippen molar-refractivity contribution in [3.63, 3.8) is 0 Å². The van der Waals surface area contributed by atoms with Crippen LogP contribution >= 0.6 is 16.8 Å². The Kier molecular flexibility index (Phi) is 8.91. The van der Waals surface area contributed by atoms with Crippen molar-refractivity contribution in [2.45, 2.75) is 64.4 Å². The van der Waals surface area contributed by atoms with Crippen LogP contribution in [0, 0.1) is 0 Å². The lowest BCUT2D eigenvalue weighted by atomic mass is 9.82. The summed E-state index contributed by atoms with van der Waals surface area (Å²) in [5.41, 5.74) is 9.81. The molecule has 2 saturated heterocycles. The van der Waals surface area contributed by atoms with Crippen LogP contribution in [-0.2, 0) is 30.4 Å². The molecule has 2 heterocycles. The molecule has 0 spiro atoms. The number of fused-ring (bicyclic) bond motifs is 2. The summed E-state index contributed by atoms with van der Waals surface area (Å²) in [6, 6.07) is 43.9. The minimum atomic E-state index is -1.14. The fraction of sp³-hybridized carbons (Fsp3) is 0.238. The highest BCUT2D eigenvalue weighted by Crippen LogP contribution is 2.58. The van der Waals surface area contributed by atoms with E-state index in [9.17, 15) is 0 Å². The van der Waals surface area contributed by atoms with Crippen LogP contribution in [0.2, 0.25) is 0 Å². The van der Waals surface area contributed by atoms with Gasteiger partial charge in [-0.15, -0.1) is 0 Å². The Morgan fingerprint density at radius 2 is 0.771 bits per heavy atom. The third-order valence-corrected chi connectivity index (χ3v) is 13.2. The molecule has 0 aromatic heterocycles. The molecule has 48 heavy (non-hydrogen) atoms. The van der Waals surface area contributed by atoms with E-state index in [-0.39, 0.29) is 24.4 Å². The lowest BCUT2D eigenvalue weighted by Crippen LogP contribution is -2.13. The third-order valence-electron chi connectivity index (χ3n) is 9.77. The van der Waals surface area contributed by atoms with Gasteiger partial charge in [0.05, 0.1) is 24.4 Å². The highest BCUT2D eigenvalue weighted by Gasteiger charge is 2.35. The SMILES string of the molecule is C[C@@H]1OP(Cc2c(-c3ccccc3)cc3ccccc3c2-c2c(CP3O[C@@H](C)[C@H](C)O3)c(-c3ccccc3)cc3ccccc23)O[C@H]1C. The quantitative estimate of drug-likeness (QED) is 0.158. The van der Waals surface area contributed by atoms with Gasteiger partial charge in [-0.25, -0.2) is 0 Å². The maximum Gasteiger partial charge on any atom is 0.175 e. The first kappa shape index (κ1) is 31.8. The van der Waals surface area contributed by atoms with Crippen molar-refractivity contribution in [1.82, 2.24) is 0 Å². The van der Waals surface area contributed by atoms with E-state index in [1.807, 2.05) is 0 Å². The van der Waals surface area contributed by atoms with Gasteiger partial charge >= 0.3 is 0 Å². The molecule has 0 radical (unpaired) electrons. The molecule has 0 aliphatic carbocycles. The van der Waals surface area contributed by atoms with E-state index >= 15 is 0 Å². The van der Waals surface area contributed by atoms with Crippen molar-refractivity contribution in [1.29, 1.82) is 0 Å². The van der Waals surface area contributed by atoms with Crippen molar-refractivity contribution in [3.05, 3.63) is 132 Å². The zero-order valence-corrected chi connectivity index (χ0v) is 29.6. The summed E-state index contributed by atoms with van der Waals surface area (Å²) in [6.07, 6.45) is 1.60. The van der Waals surface area contributed by atoms with Gasteiger partial charge in [-0.3, -0.25) is 0 Å². The van der Waals surface area contributed by atoms with Crippen LogP contribution in [-0.4, -0.2) is 24.4 Å². The van der Waals surface area contributed by atoms with Gasteiger partial charge in [-0.2, -0.15) is 0 Å². The Balaban J connectivity index is 1.49. The molecule has 4 nitrogen and oxygen atoms in total. The lowest BCUT2D eigenvalue weighted by Gasteiger charge is -2.26. The van der Waals surface area contributed by atoms with Crippen LogP contribution in [0.3, 0.4) is 0 Å². The van der Waals surface area contributed by atoms with E-state index in [2.05, 4.69) is 149 Å². The Bertz CT molecular complexity index is 1910. The first-order valence-electron chi connectivity index (χ1n) is 16.9. The van der Waals surface area contributed by atoms with Gasteiger partial charge in [0.1, 0.15) is 0 Å². The Morgan fingerprint density at radius 3 is 1.15 bits per heavy atom. The number of hydrogen-bond donors (Lipinski definition) is 0. The average molecular weight is 671 g/mol. The second-order valence-corrected chi connectivity index (χ2v) is 15.8. The molecule has 6 heteroatoms. The maximum atomic E-state index is 6.52. The topological polar surface area (TPSA) is 36.9 Å². The first-order chi connectivity index (χ1) is 23.4. The Morgan fingerprint density at radius 1 is 0.438 bits per heavy atom. The maximum absolute atomic E-state index is 6.52. The van der Waals surface area contributed by atoms with Crippen molar-refractivity contribution in [3.8, 4) is 33.4 Å². The first-order valence-corrected chi connectivity index (χ1v) is 19.6. The predicted molar refractivity (Wildman–Crippen MR) is 201 cm³/mol. The monoisotopic (exact) mass is 670 g/mol. The van der Waals surface area contributed by atoms with Crippen LogP contribution in [0.5, 0.6) is 0 Å². The highest BCUT2D eigenvalue weighted by molar-refractivity contribution is 7.47. The Labute approximate surface area is 285 Å². The van der Waals surface area contributed by atoms with Crippen molar-refractivity contribution < 1.29 is 18.1 Å². The van der Waals surface area contributed by atoms with E-state index in [1.165, 1.54) is 66.1 Å². The molecule has 2 aliphatic heterocycles. The van der Waals surface area contributed by atoms with Crippen LogP contribution in [0.15, 0.2) is 121 Å². The average Bonchev–Trinajstić information content (AvgIpc) is 3.61. The van der Waals surface area contributed by atoms with Crippen molar-refractivity contribution in [2.24, 2.45) is 0 Å². The lowest BCUT2D eigenvalue weighted by molar-refractivity contribution is 0.187. The fourth-order valence-corrected chi connectivity index (χ4v) is 10.7. The van der Waals surface area contributed by atoms with Crippen LogP contribution in [0.4, 0.5) is 0 Å². The summed E-state index contributed by atoms with van der Waals surface area (Å²) in [7, 11) is -2.29. The molecular weight excluding hydrogens is 630 g/mol. The van der Waals surface area contributed by atoms with Crippen molar-refractivity contribution in [2.75, 3.05) is 0 Å². The van der Waals surface area contributed by atoms with Gasteiger partial charge in [0.2, 0.25) is 0 Å². The number of hydrogen-bond acceptors (Lipinski definition) is 4. The van der Waals surface area contributed by atoms with Crippen molar-refractivity contribution >= 4 is 38.3 Å². The Hall–Kier alpha value is -3.46. The van der Waals surface area contributed by atoms with Gasteiger partial charge in [0, 0.05) is 12.3 Å². The molecule has 0 saturated carbocycles. The molecule has 6 aromatic carbocycles. The highest BCUT2D eigenvalue weighted by atomic mass is 31.2. The van der Waals surface area contributed by atoms with Gasteiger partial charge in [0.15, 0.2) is 16.8 Å². The zero-order valence-electron chi connectivity index (χ0n) is 27.8. The molecular formula is C42H40O4P2. The smallest absolute Gasteiger partial charge is 0.175 e. The molecule has 2 fully saturated rings. The molecule has 0 bridgehead atoms. The second kappa shape index (κ2) is 13.4. The number of rotatable bonds is 7. The van der Waals surface area contributed by atoms with E-state index in [0.717, 1.165) is 0 Å². The van der Waals surface area contributed by atoms with Crippen LogP contribution < -0.4 is 0 Å². The molecule has 0 unspecified atom stereocenters.